The SMILES string of the molecule is CC(C)c1noc(C(C)N2CCN(Cc3cnn(CCO)c3)CC2)n1. The maximum absolute atomic E-state index is 8.96. The lowest BCUT2D eigenvalue weighted by molar-refractivity contribution is 0.0845. The van der Waals surface area contributed by atoms with Gasteiger partial charge >= 0.3 is 0 Å². The molecule has 3 heterocycles. The van der Waals surface area contributed by atoms with Gasteiger partial charge in [0.05, 0.1) is 25.4 Å². The number of aliphatic hydroxyl groups is 1. The van der Waals surface area contributed by atoms with Gasteiger partial charge in [0.2, 0.25) is 5.89 Å². The molecule has 1 atom stereocenters. The average molecular weight is 348 g/mol. The maximum Gasteiger partial charge on any atom is 0.243 e. The summed E-state index contributed by atoms with van der Waals surface area (Å²) in [6.45, 7) is 11.8. The number of aliphatic hydroxyl groups excluding tert-OH is 1. The predicted molar refractivity (Wildman–Crippen MR) is 93.0 cm³/mol. The van der Waals surface area contributed by atoms with Gasteiger partial charge in [-0.2, -0.15) is 10.1 Å². The van der Waals surface area contributed by atoms with E-state index in [4.69, 9.17) is 9.63 Å². The van der Waals surface area contributed by atoms with Gasteiger partial charge in [0.15, 0.2) is 5.82 Å². The third-order valence-corrected chi connectivity index (χ3v) is 4.71. The molecule has 0 aromatic carbocycles. The van der Waals surface area contributed by atoms with E-state index in [-0.39, 0.29) is 18.6 Å². The zero-order valence-corrected chi connectivity index (χ0v) is 15.3. The Morgan fingerprint density at radius 3 is 2.60 bits per heavy atom. The van der Waals surface area contributed by atoms with E-state index in [0.29, 0.717) is 12.4 Å². The Hall–Kier alpha value is -1.77. The van der Waals surface area contributed by atoms with Crippen LogP contribution in [-0.2, 0) is 13.1 Å². The second-order valence-corrected chi connectivity index (χ2v) is 6.97. The maximum atomic E-state index is 8.96. The Labute approximate surface area is 148 Å². The fourth-order valence-corrected chi connectivity index (χ4v) is 3.09. The quantitative estimate of drug-likeness (QED) is 0.806. The highest BCUT2D eigenvalue weighted by molar-refractivity contribution is 5.04. The van der Waals surface area contributed by atoms with Crippen LogP contribution in [0.5, 0.6) is 0 Å². The smallest absolute Gasteiger partial charge is 0.243 e. The first-order chi connectivity index (χ1) is 12.1. The van der Waals surface area contributed by atoms with E-state index in [1.54, 1.807) is 4.68 Å². The van der Waals surface area contributed by atoms with Crippen molar-refractivity contribution in [3.05, 3.63) is 29.7 Å². The van der Waals surface area contributed by atoms with Crippen molar-refractivity contribution in [1.29, 1.82) is 0 Å². The molecule has 0 aliphatic carbocycles. The Kier molecular flexibility index (Phi) is 5.82. The molecular weight excluding hydrogens is 320 g/mol. The van der Waals surface area contributed by atoms with E-state index in [2.05, 4.69) is 45.8 Å². The summed E-state index contributed by atoms with van der Waals surface area (Å²) in [5.41, 5.74) is 1.19. The van der Waals surface area contributed by atoms with Crippen molar-refractivity contribution in [2.24, 2.45) is 0 Å². The van der Waals surface area contributed by atoms with E-state index < -0.39 is 0 Å². The van der Waals surface area contributed by atoms with E-state index >= 15 is 0 Å². The van der Waals surface area contributed by atoms with E-state index in [1.165, 1.54) is 5.56 Å². The lowest BCUT2D eigenvalue weighted by atomic mass is 10.2. The normalized spacial score (nSPS) is 18.1. The van der Waals surface area contributed by atoms with Crippen LogP contribution in [0.1, 0.15) is 50.0 Å². The summed E-state index contributed by atoms with van der Waals surface area (Å²) in [6, 6.07) is 0.148. The van der Waals surface area contributed by atoms with Crippen LogP contribution in [0.3, 0.4) is 0 Å². The molecule has 1 fully saturated rings. The van der Waals surface area contributed by atoms with Crippen LogP contribution in [0.25, 0.3) is 0 Å². The summed E-state index contributed by atoms with van der Waals surface area (Å²) < 4.78 is 7.23. The molecule has 0 amide bonds. The van der Waals surface area contributed by atoms with Crippen molar-refractivity contribution < 1.29 is 9.63 Å². The second kappa shape index (κ2) is 8.07. The molecule has 0 saturated carbocycles. The predicted octanol–water partition coefficient (Wildman–Crippen LogP) is 1.26. The van der Waals surface area contributed by atoms with Crippen molar-refractivity contribution in [2.75, 3.05) is 32.8 Å². The second-order valence-electron chi connectivity index (χ2n) is 6.97. The van der Waals surface area contributed by atoms with Gasteiger partial charge in [0, 0.05) is 50.4 Å². The van der Waals surface area contributed by atoms with Crippen LogP contribution in [0.2, 0.25) is 0 Å². The number of hydrogen-bond acceptors (Lipinski definition) is 7. The summed E-state index contributed by atoms with van der Waals surface area (Å²) in [5.74, 6) is 1.77. The molecule has 0 spiro atoms. The molecule has 8 heteroatoms. The molecule has 1 unspecified atom stereocenters. The molecule has 2 aromatic heterocycles. The van der Waals surface area contributed by atoms with Gasteiger partial charge in [-0.15, -0.1) is 0 Å². The third kappa shape index (κ3) is 4.45. The Morgan fingerprint density at radius 2 is 1.96 bits per heavy atom. The minimum absolute atomic E-state index is 0.117. The Balaban J connectivity index is 1.50. The van der Waals surface area contributed by atoms with E-state index in [1.807, 2.05) is 12.4 Å². The van der Waals surface area contributed by atoms with Crippen LogP contribution in [0.4, 0.5) is 0 Å². The highest BCUT2D eigenvalue weighted by Gasteiger charge is 2.26. The summed E-state index contributed by atoms with van der Waals surface area (Å²) in [5, 5.41) is 17.3. The molecule has 8 nitrogen and oxygen atoms in total. The third-order valence-electron chi connectivity index (χ3n) is 4.71. The highest BCUT2D eigenvalue weighted by Crippen LogP contribution is 2.22. The molecule has 1 saturated heterocycles. The van der Waals surface area contributed by atoms with Gasteiger partial charge in [0.25, 0.3) is 0 Å². The minimum atomic E-state index is 0.117. The van der Waals surface area contributed by atoms with E-state index in [9.17, 15) is 0 Å². The standard InChI is InChI=1S/C17H28N6O2/c1-13(2)16-19-17(25-20-16)14(3)22-6-4-21(5-7-22)11-15-10-18-23(12-15)8-9-24/h10,12-14,24H,4-9,11H2,1-3H3. The molecular formula is C17H28N6O2. The fourth-order valence-electron chi connectivity index (χ4n) is 3.09. The van der Waals surface area contributed by atoms with Crippen LogP contribution < -0.4 is 0 Å². The lowest BCUT2D eigenvalue weighted by Crippen LogP contribution is -2.46. The van der Waals surface area contributed by atoms with Crippen molar-refractivity contribution in [3.8, 4) is 0 Å². The van der Waals surface area contributed by atoms with Gasteiger partial charge < -0.3 is 9.63 Å². The zero-order chi connectivity index (χ0) is 17.8. The highest BCUT2D eigenvalue weighted by atomic mass is 16.5. The largest absolute Gasteiger partial charge is 0.394 e. The van der Waals surface area contributed by atoms with Crippen LogP contribution in [-0.4, -0.2) is 67.6 Å². The van der Waals surface area contributed by atoms with Crippen LogP contribution >= 0.6 is 0 Å². The summed E-state index contributed by atoms with van der Waals surface area (Å²) in [4.78, 5) is 9.35. The molecule has 0 bridgehead atoms. The number of aromatic nitrogens is 4. The Morgan fingerprint density at radius 1 is 1.20 bits per heavy atom. The fraction of sp³-hybridized carbons (Fsp3) is 0.706. The van der Waals surface area contributed by atoms with Crippen LogP contribution in [0, 0.1) is 0 Å². The average Bonchev–Trinajstić information content (AvgIpc) is 3.25. The molecule has 1 N–H and O–H groups in total. The van der Waals surface area contributed by atoms with Gasteiger partial charge in [-0.3, -0.25) is 14.5 Å². The summed E-state index contributed by atoms with van der Waals surface area (Å²) in [6.07, 6.45) is 3.90. The zero-order valence-electron chi connectivity index (χ0n) is 15.3. The van der Waals surface area contributed by atoms with Gasteiger partial charge in [-0.25, -0.2) is 0 Å². The first kappa shape index (κ1) is 18.0. The number of hydrogen-bond donors (Lipinski definition) is 1. The monoisotopic (exact) mass is 348 g/mol. The summed E-state index contributed by atoms with van der Waals surface area (Å²) in [7, 11) is 0. The molecule has 1 aliphatic heterocycles. The molecule has 0 radical (unpaired) electrons. The molecule has 1 aliphatic rings. The lowest BCUT2D eigenvalue weighted by Gasteiger charge is -2.36. The molecule has 25 heavy (non-hydrogen) atoms. The number of piperazine rings is 1. The summed E-state index contributed by atoms with van der Waals surface area (Å²) >= 11 is 0. The first-order valence-corrected chi connectivity index (χ1v) is 8.99. The van der Waals surface area contributed by atoms with Gasteiger partial charge in [-0.1, -0.05) is 19.0 Å². The minimum Gasteiger partial charge on any atom is -0.394 e. The molecule has 2 aromatic rings. The van der Waals surface area contributed by atoms with Crippen LogP contribution in [0.15, 0.2) is 16.9 Å². The van der Waals surface area contributed by atoms with Crippen molar-refractivity contribution in [1.82, 2.24) is 29.7 Å². The molecule has 138 valence electrons. The van der Waals surface area contributed by atoms with E-state index in [0.717, 1.165) is 38.5 Å². The molecule has 3 rings (SSSR count). The number of nitrogens with zero attached hydrogens (tertiary/aromatic N) is 6. The topological polar surface area (TPSA) is 83.5 Å². The van der Waals surface area contributed by atoms with Crippen molar-refractivity contribution in [2.45, 2.75) is 45.8 Å². The van der Waals surface area contributed by atoms with Crippen molar-refractivity contribution >= 4 is 0 Å². The van der Waals surface area contributed by atoms with Crippen molar-refractivity contribution in [3.63, 3.8) is 0 Å². The van der Waals surface area contributed by atoms with Gasteiger partial charge in [-0.05, 0) is 6.92 Å². The Bertz CT molecular complexity index is 660. The first-order valence-electron chi connectivity index (χ1n) is 8.99. The van der Waals surface area contributed by atoms with Gasteiger partial charge in [0.1, 0.15) is 0 Å². The number of rotatable bonds is 7.